The minimum atomic E-state index is -3.89. The molecule has 1 aliphatic heterocycles. The maximum atomic E-state index is 12.9. The maximum absolute atomic E-state index is 12.9. The van der Waals surface area contributed by atoms with Gasteiger partial charge in [0.1, 0.15) is 0 Å². The summed E-state index contributed by atoms with van der Waals surface area (Å²) in [4.78, 5) is 23.9. The van der Waals surface area contributed by atoms with E-state index in [0.717, 1.165) is 23.8 Å². The molecule has 21 heavy (non-hydrogen) atoms. The molecule has 1 unspecified atom stereocenters. The van der Waals surface area contributed by atoms with Gasteiger partial charge in [-0.05, 0) is 26.7 Å². The van der Waals surface area contributed by atoms with Gasteiger partial charge in [0.15, 0.2) is 4.90 Å². The minimum Gasteiger partial charge on any atom is -0.300 e. The number of hydrogen-bond acceptors (Lipinski definition) is 4. The zero-order valence-corrected chi connectivity index (χ0v) is 13.6. The highest BCUT2D eigenvalue weighted by atomic mass is 32.2. The molecule has 1 fully saturated rings. The highest BCUT2D eigenvalue weighted by Gasteiger charge is 2.35. The Labute approximate surface area is 123 Å². The van der Waals surface area contributed by atoms with Crippen molar-refractivity contribution >= 4 is 10.0 Å². The second-order valence-corrected chi connectivity index (χ2v) is 7.41. The van der Waals surface area contributed by atoms with Gasteiger partial charge in [0.2, 0.25) is 0 Å². The number of piperidine rings is 1. The van der Waals surface area contributed by atoms with Gasteiger partial charge >= 0.3 is 5.69 Å². The molecular formula is C13H21N3O4S. The van der Waals surface area contributed by atoms with Crippen molar-refractivity contribution in [2.45, 2.75) is 44.0 Å². The van der Waals surface area contributed by atoms with Crippen LogP contribution < -0.4 is 11.2 Å². The van der Waals surface area contributed by atoms with Crippen LogP contribution in [0, 0.1) is 6.92 Å². The van der Waals surface area contributed by atoms with Gasteiger partial charge in [-0.25, -0.2) is 13.2 Å². The first-order chi connectivity index (χ1) is 9.69. The molecule has 8 heteroatoms. The largest absolute Gasteiger partial charge is 0.330 e. The fraction of sp³-hybridized carbons (Fsp3) is 0.692. The lowest BCUT2D eigenvalue weighted by molar-refractivity contribution is 0.268. The van der Waals surface area contributed by atoms with Crippen molar-refractivity contribution in [2.24, 2.45) is 14.1 Å². The molecular weight excluding hydrogens is 294 g/mol. The Morgan fingerprint density at radius 1 is 1.10 bits per heavy atom. The van der Waals surface area contributed by atoms with Crippen LogP contribution in [0.1, 0.15) is 31.9 Å². The molecule has 0 aliphatic carbocycles. The van der Waals surface area contributed by atoms with E-state index in [0.29, 0.717) is 6.54 Å². The van der Waals surface area contributed by atoms with Crippen LogP contribution in [0.15, 0.2) is 14.5 Å². The Morgan fingerprint density at radius 2 is 1.71 bits per heavy atom. The molecule has 1 atom stereocenters. The molecule has 1 saturated heterocycles. The number of sulfonamides is 1. The van der Waals surface area contributed by atoms with E-state index in [-0.39, 0.29) is 16.6 Å². The molecule has 0 N–H and O–H groups in total. The van der Waals surface area contributed by atoms with Crippen molar-refractivity contribution in [2.75, 3.05) is 6.54 Å². The smallest absolute Gasteiger partial charge is 0.300 e. The fourth-order valence-corrected chi connectivity index (χ4v) is 4.81. The van der Waals surface area contributed by atoms with E-state index in [1.54, 1.807) is 0 Å². The van der Waals surface area contributed by atoms with Gasteiger partial charge in [-0.1, -0.05) is 6.42 Å². The van der Waals surface area contributed by atoms with E-state index < -0.39 is 21.3 Å². The third-order valence-electron chi connectivity index (χ3n) is 4.21. The Hall–Kier alpha value is -1.41. The Bertz CT molecular complexity index is 776. The van der Waals surface area contributed by atoms with Crippen LogP contribution in [0.2, 0.25) is 0 Å². The van der Waals surface area contributed by atoms with Crippen molar-refractivity contribution in [3.63, 3.8) is 0 Å². The van der Waals surface area contributed by atoms with Crippen LogP contribution >= 0.6 is 0 Å². The van der Waals surface area contributed by atoms with Gasteiger partial charge in [0, 0.05) is 32.4 Å². The Balaban J connectivity index is 2.72. The minimum absolute atomic E-state index is 0.134. The van der Waals surface area contributed by atoms with Crippen LogP contribution in [0.4, 0.5) is 0 Å². The first-order valence-corrected chi connectivity index (χ1v) is 8.42. The monoisotopic (exact) mass is 315 g/mol. The Kier molecular flexibility index (Phi) is 4.12. The summed E-state index contributed by atoms with van der Waals surface area (Å²) in [7, 11) is -1.13. The first kappa shape index (κ1) is 16.0. The second-order valence-electron chi connectivity index (χ2n) is 5.58. The quantitative estimate of drug-likeness (QED) is 0.766. The fourth-order valence-electron chi connectivity index (χ4n) is 2.76. The normalized spacial score (nSPS) is 20.7. The highest BCUT2D eigenvalue weighted by molar-refractivity contribution is 7.89. The van der Waals surface area contributed by atoms with Gasteiger partial charge in [0.05, 0.1) is 0 Å². The van der Waals surface area contributed by atoms with Crippen molar-refractivity contribution in [1.29, 1.82) is 0 Å². The number of rotatable bonds is 2. The molecule has 0 amide bonds. The third-order valence-corrected chi connectivity index (χ3v) is 6.36. The molecule has 0 bridgehead atoms. The molecule has 0 aromatic carbocycles. The summed E-state index contributed by atoms with van der Waals surface area (Å²) in [6.07, 6.45) is 2.55. The molecule has 1 aliphatic rings. The topological polar surface area (TPSA) is 81.4 Å². The third kappa shape index (κ3) is 2.46. The molecule has 2 heterocycles. The van der Waals surface area contributed by atoms with E-state index >= 15 is 0 Å². The van der Waals surface area contributed by atoms with Gasteiger partial charge in [-0.2, -0.15) is 4.31 Å². The average molecular weight is 315 g/mol. The summed E-state index contributed by atoms with van der Waals surface area (Å²) in [6.45, 7) is 3.75. The van der Waals surface area contributed by atoms with E-state index in [1.807, 2.05) is 6.92 Å². The summed E-state index contributed by atoms with van der Waals surface area (Å²) < 4.78 is 29.1. The molecule has 118 valence electrons. The lowest BCUT2D eigenvalue weighted by Gasteiger charge is -2.32. The lowest BCUT2D eigenvalue weighted by atomic mass is 10.1. The molecule has 0 radical (unpaired) electrons. The van der Waals surface area contributed by atoms with Crippen LogP contribution in [-0.4, -0.2) is 34.4 Å². The molecule has 2 rings (SSSR count). The molecule has 7 nitrogen and oxygen atoms in total. The van der Waals surface area contributed by atoms with Gasteiger partial charge < -0.3 is 0 Å². The van der Waals surface area contributed by atoms with Gasteiger partial charge in [-0.3, -0.25) is 13.9 Å². The SMILES string of the molecule is Cc1c(S(=O)(=O)N2CCCCC2C)c(=O)n(C)c(=O)n1C. The van der Waals surface area contributed by atoms with E-state index in [4.69, 9.17) is 0 Å². The van der Waals surface area contributed by atoms with E-state index in [2.05, 4.69) is 0 Å². The molecule has 1 aromatic heterocycles. The molecule has 0 spiro atoms. The van der Waals surface area contributed by atoms with Crippen molar-refractivity contribution < 1.29 is 8.42 Å². The van der Waals surface area contributed by atoms with Crippen molar-refractivity contribution in [1.82, 2.24) is 13.4 Å². The van der Waals surface area contributed by atoms with Crippen LogP contribution in [0.25, 0.3) is 0 Å². The zero-order chi connectivity index (χ0) is 15.9. The maximum Gasteiger partial charge on any atom is 0.330 e. The summed E-state index contributed by atoms with van der Waals surface area (Å²) >= 11 is 0. The zero-order valence-electron chi connectivity index (χ0n) is 12.8. The van der Waals surface area contributed by atoms with Crippen LogP contribution in [0.5, 0.6) is 0 Å². The van der Waals surface area contributed by atoms with E-state index in [1.165, 1.54) is 29.9 Å². The van der Waals surface area contributed by atoms with Crippen LogP contribution in [0.3, 0.4) is 0 Å². The predicted octanol–water partition coefficient (Wildman–Crippen LogP) is -0.0445. The Morgan fingerprint density at radius 3 is 2.29 bits per heavy atom. The summed E-state index contributed by atoms with van der Waals surface area (Å²) in [5, 5.41) is 0. The number of aromatic nitrogens is 2. The van der Waals surface area contributed by atoms with Crippen molar-refractivity contribution in [3.05, 3.63) is 26.5 Å². The van der Waals surface area contributed by atoms with E-state index in [9.17, 15) is 18.0 Å². The number of hydrogen-bond donors (Lipinski definition) is 0. The lowest BCUT2D eigenvalue weighted by Crippen LogP contribution is -2.47. The molecule has 0 saturated carbocycles. The molecule has 1 aromatic rings. The summed E-state index contributed by atoms with van der Waals surface area (Å²) in [5.41, 5.74) is -1.10. The average Bonchev–Trinajstić information content (AvgIpc) is 2.43. The predicted molar refractivity (Wildman–Crippen MR) is 78.9 cm³/mol. The van der Waals surface area contributed by atoms with Gasteiger partial charge in [0.25, 0.3) is 15.6 Å². The highest BCUT2D eigenvalue weighted by Crippen LogP contribution is 2.24. The van der Waals surface area contributed by atoms with Gasteiger partial charge in [-0.15, -0.1) is 0 Å². The second kappa shape index (κ2) is 5.42. The standard InChI is InChI=1S/C13H21N3O4S/c1-9-7-5-6-8-16(9)21(19,20)11-10(2)14(3)13(18)15(4)12(11)17/h9H,5-8H2,1-4H3. The summed E-state index contributed by atoms with van der Waals surface area (Å²) in [5.74, 6) is 0. The van der Waals surface area contributed by atoms with Crippen LogP contribution in [-0.2, 0) is 24.1 Å². The number of nitrogens with zero attached hydrogens (tertiary/aromatic N) is 3. The first-order valence-electron chi connectivity index (χ1n) is 6.98. The summed E-state index contributed by atoms with van der Waals surface area (Å²) in [6, 6.07) is -0.134. The van der Waals surface area contributed by atoms with Crippen molar-refractivity contribution in [3.8, 4) is 0 Å².